The van der Waals surface area contributed by atoms with Crippen LogP contribution in [0.2, 0.25) is 0 Å². The second kappa shape index (κ2) is 19.8. The number of esters is 1. The van der Waals surface area contributed by atoms with E-state index in [4.69, 9.17) is 9.47 Å². The zero-order chi connectivity index (χ0) is 18.6. The highest BCUT2D eigenvalue weighted by atomic mass is 16.6. The van der Waals surface area contributed by atoms with E-state index < -0.39 is 0 Å². The van der Waals surface area contributed by atoms with E-state index in [2.05, 4.69) is 20.8 Å². The highest BCUT2D eigenvalue weighted by Crippen LogP contribution is 2.22. The van der Waals surface area contributed by atoms with E-state index in [1.54, 1.807) is 0 Å². The summed E-state index contributed by atoms with van der Waals surface area (Å²) < 4.78 is 10.7. The van der Waals surface area contributed by atoms with Gasteiger partial charge in [0, 0.05) is 13.0 Å². The van der Waals surface area contributed by atoms with Gasteiger partial charge < -0.3 is 9.47 Å². The van der Waals surface area contributed by atoms with Crippen LogP contribution in [0.5, 0.6) is 0 Å². The molecule has 3 nitrogen and oxygen atoms in total. The topological polar surface area (TPSA) is 35.5 Å². The van der Waals surface area contributed by atoms with E-state index in [1.807, 2.05) is 0 Å². The molecule has 150 valence electrons. The Morgan fingerprint density at radius 1 is 0.680 bits per heavy atom. The number of hydrogen-bond acceptors (Lipinski definition) is 3. The van der Waals surface area contributed by atoms with Crippen LogP contribution in [0.1, 0.15) is 111 Å². The maximum Gasteiger partial charge on any atom is 0.306 e. The molecule has 0 rings (SSSR count). The lowest BCUT2D eigenvalue weighted by Gasteiger charge is -2.16. The molecule has 0 amide bonds. The second-order valence-corrected chi connectivity index (χ2v) is 7.31. The van der Waals surface area contributed by atoms with Crippen molar-refractivity contribution in [2.45, 2.75) is 111 Å². The minimum absolute atomic E-state index is 0.0356. The Morgan fingerprint density at radius 2 is 1.24 bits per heavy atom. The fourth-order valence-electron chi connectivity index (χ4n) is 3.18. The third-order valence-electron chi connectivity index (χ3n) is 4.73. The minimum Gasteiger partial charge on any atom is -0.463 e. The molecular formula is C22H44O3. The smallest absolute Gasteiger partial charge is 0.306 e. The van der Waals surface area contributed by atoms with Crippen molar-refractivity contribution in [1.29, 1.82) is 0 Å². The van der Waals surface area contributed by atoms with Gasteiger partial charge in [-0.05, 0) is 25.2 Å². The first-order chi connectivity index (χ1) is 12.2. The molecule has 0 spiro atoms. The summed E-state index contributed by atoms with van der Waals surface area (Å²) in [5.74, 6) is 0.471. The van der Waals surface area contributed by atoms with Gasteiger partial charge in [-0.1, -0.05) is 85.0 Å². The van der Waals surface area contributed by atoms with Crippen LogP contribution in [-0.2, 0) is 14.3 Å². The molecule has 0 aromatic rings. The average Bonchev–Trinajstić information content (AvgIpc) is 2.61. The molecule has 0 saturated heterocycles. The Bertz CT molecular complexity index is 278. The van der Waals surface area contributed by atoms with Crippen molar-refractivity contribution in [3.05, 3.63) is 0 Å². The van der Waals surface area contributed by atoms with Crippen molar-refractivity contribution in [3.63, 3.8) is 0 Å². The standard InChI is InChI=1S/C22H44O3/c1-4-7-9-11-12-14-16-21(15-13-10-8-5-2)20-22(23)25-19-18-24-17-6-3/h21H,4-20H2,1-3H3. The van der Waals surface area contributed by atoms with Crippen molar-refractivity contribution < 1.29 is 14.3 Å². The van der Waals surface area contributed by atoms with Gasteiger partial charge in [0.05, 0.1) is 6.61 Å². The fraction of sp³-hybridized carbons (Fsp3) is 0.955. The molecule has 25 heavy (non-hydrogen) atoms. The summed E-state index contributed by atoms with van der Waals surface area (Å²) in [5.41, 5.74) is 0. The largest absolute Gasteiger partial charge is 0.463 e. The summed E-state index contributed by atoms with van der Waals surface area (Å²) in [6, 6.07) is 0. The Kier molecular flexibility index (Phi) is 19.3. The minimum atomic E-state index is -0.0356. The highest BCUT2D eigenvalue weighted by Gasteiger charge is 2.14. The van der Waals surface area contributed by atoms with Crippen LogP contribution in [0.4, 0.5) is 0 Å². The fourth-order valence-corrected chi connectivity index (χ4v) is 3.18. The molecule has 0 aliphatic heterocycles. The van der Waals surface area contributed by atoms with Gasteiger partial charge in [-0.2, -0.15) is 0 Å². The molecule has 0 heterocycles. The first-order valence-corrected chi connectivity index (χ1v) is 11.0. The third kappa shape index (κ3) is 18.0. The van der Waals surface area contributed by atoms with Crippen LogP contribution in [-0.4, -0.2) is 25.8 Å². The van der Waals surface area contributed by atoms with Crippen LogP contribution in [0, 0.1) is 5.92 Å². The lowest BCUT2D eigenvalue weighted by molar-refractivity contribution is -0.146. The summed E-state index contributed by atoms with van der Waals surface area (Å²) in [5, 5.41) is 0. The van der Waals surface area contributed by atoms with Gasteiger partial charge in [0.15, 0.2) is 0 Å². The molecule has 0 saturated carbocycles. The highest BCUT2D eigenvalue weighted by molar-refractivity contribution is 5.69. The van der Waals surface area contributed by atoms with E-state index in [0.717, 1.165) is 13.0 Å². The molecular weight excluding hydrogens is 312 g/mol. The molecule has 0 N–H and O–H groups in total. The molecule has 0 aliphatic rings. The number of hydrogen-bond donors (Lipinski definition) is 0. The molecule has 3 heteroatoms. The number of carbonyl (C=O) groups is 1. The Morgan fingerprint density at radius 3 is 1.84 bits per heavy atom. The first-order valence-electron chi connectivity index (χ1n) is 11.0. The Hall–Kier alpha value is -0.570. The Labute approximate surface area is 157 Å². The van der Waals surface area contributed by atoms with Crippen molar-refractivity contribution >= 4 is 5.97 Å². The predicted molar refractivity (Wildman–Crippen MR) is 107 cm³/mol. The van der Waals surface area contributed by atoms with Crippen LogP contribution >= 0.6 is 0 Å². The normalized spacial score (nSPS) is 12.3. The molecule has 0 radical (unpaired) electrons. The zero-order valence-corrected chi connectivity index (χ0v) is 17.3. The van der Waals surface area contributed by atoms with Gasteiger partial charge in [-0.25, -0.2) is 0 Å². The van der Waals surface area contributed by atoms with E-state index in [-0.39, 0.29) is 5.97 Å². The summed E-state index contributed by atoms with van der Waals surface area (Å²) >= 11 is 0. The van der Waals surface area contributed by atoms with Crippen LogP contribution < -0.4 is 0 Å². The molecule has 0 aromatic carbocycles. The monoisotopic (exact) mass is 356 g/mol. The van der Waals surface area contributed by atoms with Gasteiger partial charge in [-0.15, -0.1) is 0 Å². The van der Waals surface area contributed by atoms with E-state index in [9.17, 15) is 4.79 Å². The van der Waals surface area contributed by atoms with Gasteiger partial charge in [0.1, 0.15) is 6.61 Å². The van der Waals surface area contributed by atoms with Crippen LogP contribution in [0.3, 0.4) is 0 Å². The second-order valence-electron chi connectivity index (χ2n) is 7.31. The third-order valence-corrected chi connectivity index (χ3v) is 4.73. The van der Waals surface area contributed by atoms with Gasteiger partial charge >= 0.3 is 5.97 Å². The molecule has 0 bridgehead atoms. The summed E-state index contributed by atoms with van der Waals surface area (Å²) in [6.45, 7) is 8.25. The maximum absolute atomic E-state index is 12.1. The molecule has 0 aromatic heterocycles. The van der Waals surface area contributed by atoms with Gasteiger partial charge in [-0.3, -0.25) is 4.79 Å². The Balaban J connectivity index is 3.95. The lowest BCUT2D eigenvalue weighted by Crippen LogP contribution is -2.15. The molecule has 1 unspecified atom stereocenters. The van der Waals surface area contributed by atoms with Gasteiger partial charge in [0.25, 0.3) is 0 Å². The summed E-state index contributed by atoms with van der Waals surface area (Å²) in [6.07, 6.45) is 17.0. The van der Waals surface area contributed by atoms with Crippen molar-refractivity contribution in [2.75, 3.05) is 19.8 Å². The number of carbonyl (C=O) groups excluding carboxylic acids is 1. The lowest BCUT2D eigenvalue weighted by atomic mass is 9.91. The van der Waals surface area contributed by atoms with Crippen LogP contribution in [0.15, 0.2) is 0 Å². The van der Waals surface area contributed by atoms with Crippen LogP contribution in [0.25, 0.3) is 0 Å². The predicted octanol–water partition coefficient (Wildman–Crippen LogP) is 6.68. The van der Waals surface area contributed by atoms with E-state index >= 15 is 0 Å². The SMILES string of the molecule is CCCCCCCCC(CCCCCC)CC(=O)OCCOCCC. The zero-order valence-electron chi connectivity index (χ0n) is 17.3. The van der Waals surface area contributed by atoms with Crippen molar-refractivity contribution in [3.8, 4) is 0 Å². The molecule has 0 aliphatic carbocycles. The number of unbranched alkanes of at least 4 members (excludes halogenated alkanes) is 8. The molecule has 0 fully saturated rings. The van der Waals surface area contributed by atoms with Gasteiger partial charge in [0.2, 0.25) is 0 Å². The quantitative estimate of drug-likeness (QED) is 0.191. The van der Waals surface area contributed by atoms with E-state index in [1.165, 1.54) is 77.0 Å². The summed E-state index contributed by atoms with van der Waals surface area (Å²) in [4.78, 5) is 12.1. The van der Waals surface area contributed by atoms with Crippen molar-refractivity contribution in [1.82, 2.24) is 0 Å². The average molecular weight is 357 g/mol. The van der Waals surface area contributed by atoms with Crippen molar-refractivity contribution in [2.24, 2.45) is 5.92 Å². The maximum atomic E-state index is 12.1. The number of rotatable bonds is 19. The summed E-state index contributed by atoms with van der Waals surface area (Å²) in [7, 11) is 0. The van der Waals surface area contributed by atoms with E-state index in [0.29, 0.717) is 25.6 Å². The number of ether oxygens (including phenoxy) is 2. The first kappa shape index (κ1) is 24.4. The molecule has 1 atom stereocenters.